The lowest BCUT2D eigenvalue weighted by atomic mass is 9.96. The van der Waals surface area contributed by atoms with Crippen LogP contribution < -0.4 is 18.9 Å². The van der Waals surface area contributed by atoms with Crippen LogP contribution in [0.5, 0.6) is 23.0 Å². The molecule has 0 bridgehead atoms. The second-order valence-corrected chi connectivity index (χ2v) is 7.55. The molecule has 0 saturated heterocycles. The summed E-state index contributed by atoms with van der Waals surface area (Å²) in [6.45, 7) is 2.80. The van der Waals surface area contributed by atoms with E-state index >= 15 is 0 Å². The lowest BCUT2D eigenvalue weighted by Crippen LogP contribution is -2.34. The molecule has 4 heterocycles. The first-order valence-corrected chi connectivity index (χ1v) is 10.4. The summed E-state index contributed by atoms with van der Waals surface area (Å²) in [5.74, 6) is 3.03. The molecule has 0 N–H and O–H groups in total. The third-order valence-corrected chi connectivity index (χ3v) is 5.73. The summed E-state index contributed by atoms with van der Waals surface area (Å²) >= 11 is 0. The van der Waals surface area contributed by atoms with Crippen molar-refractivity contribution < 1.29 is 18.9 Å². The summed E-state index contributed by atoms with van der Waals surface area (Å²) < 4.78 is 23.3. The van der Waals surface area contributed by atoms with Gasteiger partial charge in [0.25, 0.3) is 0 Å². The number of pyridine rings is 1. The van der Waals surface area contributed by atoms with Gasteiger partial charge in [-0.25, -0.2) is 5.01 Å². The van der Waals surface area contributed by atoms with E-state index in [0.717, 1.165) is 52.0 Å². The molecule has 0 saturated carbocycles. The van der Waals surface area contributed by atoms with E-state index in [0.29, 0.717) is 6.61 Å². The summed E-state index contributed by atoms with van der Waals surface area (Å²) in [4.78, 5) is 4.54. The minimum atomic E-state index is -0.438. The number of para-hydroxylation sites is 1. The van der Waals surface area contributed by atoms with Crippen LogP contribution in [-0.4, -0.2) is 29.1 Å². The standard InChI is InChI=1S/C24H21N3O4/c1-2-28-21-8-5-6-16-19-13-18(15-9-10-20-22(12-15)30-14-29-20)26-27(19)24(31-23(16)21)17-7-3-4-11-25-17/h3-12,19,24H,2,13-14H2,1H3/t19-,24-/m0/s1. The van der Waals surface area contributed by atoms with Gasteiger partial charge in [0, 0.05) is 23.7 Å². The van der Waals surface area contributed by atoms with Crippen molar-refractivity contribution in [3.63, 3.8) is 0 Å². The minimum Gasteiger partial charge on any atom is -0.490 e. The van der Waals surface area contributed by atoms with Crippen LogP contribution in [0, 0.1) is 0 Å². The molecule has 3 aliphatic heterocycles. The predicted octanol–water partition coefficient (Wildman–Crippen LogP) is 4.45. The van der Waals surface area contributed by atoms with Crippen LogP contribution in [-0.2, 0) is 0 Å². The fourth-order valence-corrected chi connectivity index (χ4v) is 4.32. The zero-order chi connectivity index (χ0) is 20.8. The molecule has 156 valence electrons. The first-order valence-electron chi connectivity index (χ1n) is 10.4. The maximum Gasteiger partial charge on any atom is 0.231 e. The summed E-state index contributed by atoms with van der Waals surface area (Å²) in [7, 11) is 0. The number of hydrazone groups is 1. The maximum atomic E-state index is 6.46. The number of benzene rings is 2. The topological polar surface area (TPSA) is 65.4 Å². The quantitative estimate of drug-likeness (QED) is 0.627. The Morgan fingerprint density at radius 2 is 2.00 bits per heavy atom. The minimum absolute atomic E-state index is 0.0246. The third kappa shape index (κ3) is 2.96. The van der Waals surface area contributed by atoms with Crippen LogP contribution in [0.2, 0.25) is 0 Å². The average molecular weight is 415 g/mol. The van der Waals surface area contributed by atoms with E-state index in [-0.39, 0.29) is 12.8 Å². The molecule has 2 aromatic carbocycles. The van der Waals surface area contributed by atoms with Crippen LogP contribution in [0.1, 0.15) is 42.4 Å². The zero-order valence-electron chi connectivity index (χ0n) is 17.0. The Morgan fingerprint density at radius 1 is 1.06 bits per heavy atom. The maximum absolute atomic E-state index is 6.46. The summed E-state index contributed by atoms with van der Waals surface area (Å²) in [5.41, 5.74) is 3.86. The van der Waals surface area contributed by atoms with E-state index in [1.165, 1.54) is 0 Å². The average Bonchev–Trinajstić information content (AvgIpc) is 3.46. The SMILES string of the molecule is CCOc1cccc2c1O[C@@H](c1ccccn1)N1N=C(c3ccc4c(c3)OCO4)C[C@@H]21. The van der Waals surface area contributed by atoms with Gasteiger partial charge in [-0.3, -0.25) is 4.98 Å². The molecule has 31 heavy (non-hydrogen) atoms. The molecule has 0 spiro atoms. The van der Waals surface area contributed by atoms with Gasteiger partial charge >= 0.3 is 0 Å². The van der Waals surface area contributed by atoms with E-state index in [1.54, 1.807) is 6.20 Å². The van der Waals surface area contributed by atoms with Crippen LogP contribution in [0.15, 0.2) is 65.9 Å². The van der Waals surface area contributed by atoms with E-state index in [2.05, 4.69) is 11.1 Å². The van der Waals surface area contributed by atoms with Gasteiger partial charge in [0.2, 0.25) is 13.0 Å². The van der Waals surface area contributed by atoms with Gasteiger partial charge < -0.3 is 18.9 Å². The second kappa shape index (κ2) is 7.19. The molecule has 6 rings (SSSR count). The number of hydrogen-bond acceptors (Lipinski definition) is 7. The first kappa shape index (κ1) is 18.1. The van der Waals surface area contributed by atoms with Crippen molar-refractivity contribution >= 4 is 5.71 Å². The molecule has 0 aliphatic carbocycles. The lowest BCUT2D eigenvalue weighted by Gasteiger charge is -2.38. The van der Waals surface area contributed by atoms with E-state index < -0.39 is 6.23 Å². The monoisotopic (exact) mass is 415 g/mol. The van der Waals surface area contributed by atoms with Gasteiger partial charge in [-0.1, -0.05) is 18.2 Å². The van der Waals surface area contributed by atoms with Crippen molar-refractivity contribution in [2.75, 3.05) is 13.4 Å². The van der Waals surface area contributed by atoms with Crippen molar-refractivity contribution in [3.05, 3.63) is 77.6 Å². The Bertz CT molecular complexity index is 1160. The largest absolute Gasteiger partial charge is 0.490 e. The number of nitrogens with zero attached hydrogens (tertiary/aromatic N) is 3. The smallest absolute Gasteiger partial charge is 0.231 e. The molecule has 7 heteroatoms. The molecule has 0 fully saturated rings. The van der Waals surface area contributed by atoms with Gasteiger partial charge in [-0.2, -0.15) is 5.10 Å². The molecule has 0 radical (unpaired) electrons. The number of hydrogen-bond donors (Lipinski definition) is 0. The van der Waals surface area contributed by atoms with Crippen molar-refractivity contribution in [1.82, 2.24) is 9.99 Å². The van der Waals surface area contributed by atoms with Crippen LogP contribution in [0.3, 0.4) is 0 Å². The molecule has 0 unspecified atom stereocenters. The molecule has 3 aliphatic rings. The second-order valence-electron chi connectivity index (χ2n) is 7.55. The fraction of sp³-hybridized carbons (Fsp3) is 0.250. The Kier molecular flexibility index (Phi) is 4.19. The number of aromatic nitrogens is 1. The van der Waals surface area contributed by atoms with E-state index in [1.807, 2.05) is 60.5 Å². The summed E-state index contributed by atoms with van der Waals surface area (Å²) in [6, 6.07) is 17.8. The van der Waals surface area contributed by atoms with E-state index in [4.69, 9.17) is 24.0 Å². The van der Waals surface area contributed by atoms with Gasteiger partial charge in [-0.05, 0) is 43.3 Å². The molecule has 0 amide bonds. The number of fused-ring (bicyclic) bond motifs is 4. The molecular weight excluding hydrogens is 394 g/mol. The molecule has 7 nitrogen and oxygen atoms in total. The highest BCUT2D eigenvalue weighted by Crippen LogP contribution is 2.50. The molecule has 3 aromatic rings. The van der Waals surface area contributed by atoms with Gasteiger partial charge in [-0.15, -0.1) is 0 Å². The highest BCUT2D eigenvalue weighted by atomic mass is 16.7. The predicted molar refractivity (Wildman–Crippen MR) is 114 cm³/mol. The molecule has 2 atom stereocenters. The van der Waals surface area contributed by atoms with Crippen molar-refractivity contribution in [3.8, 4) is 23.0 Å². The zero-order valence-corrected chi connectivity index (χ0v) is 17.0. The van der Waals surface area contributed by atoms with Crippen LogP contribution >= 0.6 is 0 Å². The fourth-order valence-electron chi connectivity index (χ4n) is 4.32. The van der Waals surface area contributed by atoms with Gasteiger partial charge in [0.1, 0.15) is 5.69 Å². The summed E-state index contributed by atoms with van der Waals surface area (Å²) in [6.07, 6.45) is 2.08. The number of rotatable bonds is 4. The Hall–Kier alpha value is -3.74. The highest BCUT2D eigenvalue weighted by Gasteiger charge is 2.42. The Labute approximate surface area is 179 Å². The normalized spacial score (nSPS) is 20.5. The lowest BCUT2D eigenvalue weighted by molar-refractivity contribution is -0.0240. The third-order valence-electron chi connectivity index (χ3n) is 5.73. The summed E-state index contributed by atoms with van der Waals surface area (Å²) in [5, 5.41) is 7.00. The van der Waals surface area contributed by atoms with Crippen molar-refractivity contribution in [2.45, 2.75) is 25.6 Å². The molecular formula is C24H21N3O4. The number of ether oxygens (including phenoxy) is 4. The van der Waals surface area contributed by atoms with Crippen molar-refractivity contribution in [2.24, 2.45) is 5.10 Å². The Morgan fingerprint density at radius 3 is 2.87 bits per heavy atom. The van der Waals surface area contributed by atoms with Crippen LogP contribution in [0.25, 0.3) is 0 Å². The van der Waals surface area contributed by atoms with E-state index in [9.17, 15) is 0 Å². The molecule has 1 aromatic heterocycles. The Balaban J connectivity index is 1.44. The van der Waals surface area contributed by atoms with Gasteiger partial charge in [0.05, 0.1) is 18.4 Å². The van der Waals surface area contributed by atoms with Crippen molar-refractivity contribution in [1.29, 1.82) is 0 Å². The van der Waals surface area contributed by atoms with Gasteiger partial charge in [0.15, 0.2) is 23.0 Å². The van der Waals surface area contributed by atoms with Crippen LogP contribution in [0.4, 0.5) is 0 Å². The first-order chi connectivity index (χ1) is 15.3. The highest BCUT2D eigenvalue weighted by molar-refractivity contribution is 6.02.